The van der Waals surface area contributed by atoms with Crippen LogP contribution in [0.3, 0.4) is 0 Å². The Labute approximate surface area is 221 Å². The van der Waals surface area contributed by atoms with Crippen LogP contribution in [-0.2, 0) is 14.8 Å². The van der Waals surface area contributed by atoms with E-state index in [-0.39, 0.29) is 16.5 Å². The molecule has 3 aromatic carbocycles. The van der Waals surface area contributed by atoms with Gasteiger partial charge in [-0.15, -0.1) is 0 Å². The lowest BCUT2D eigenvalue weighted by Gasteiger charge is -2.25. The van der Waals surface area contributed by atoms with Crippen molar-refractivity contribution in [3.05, 3.63) is 83.4 Å². The van der Waals surface area contributed by atoms with Gasteiger partial charge in [-0.1, -0.05) is 23.7 Å². The van der Waals surface area contributed by atoms with E-state index in [1.807, 2.05) is 6.92 Å². The molecule has 1 fully saturated rings. The van der Waals surface area contributed by atoms with Gasteiger partial charge < -0.3 is 15.0 Å². The Morgan fingerprint density at radius 1 is 0.973 bits per heavy atom. The van der Waals surface area contributed by atoms with Crippen LogP contribution in [0.15, 0.2) is 77.7 Å². The maximum absolute atomic E-state index is 13.6. The summed E-state index contributed by atoms with van der Waals surface area (Å²) < 4.78 is 33.7. The third kappa shape index (κ3) is 6.23. The van der Waals surface area contributed by atoms with E-state index in [1.54, 1.807) is 53.4 Å². The largest absolute Gasteiger partial charge is 0.494 e. The normalized spacial score (nSPS) is 13.3. The maximum Gasteiger partial charge on any atom is 0.264 e. The van der Waals surface area contributed by atoms with E-state index in [0.717, 1.165) is 17.1 Å². The number of nitrogens with one attached hydrogen (secondary N) is 1. The van der Waals surface area contributed by atoms with Crippen LogP contribution >= 0.6 is 11.6 Å². The number of hydrogen-bond acceptors (Lipinski definition) is 5. The highest BCUT2D eigenvalue weighted by Gasteiger charge is 2.28. The summed E-state index contributed by atoms with van der Waals surface area (Å²) in [5.41, 5.74) is 0.987. The fraction of sp³-hybridized carbons (Fsp3) is 0.259. The summed E-state index contributed by atoms with van der Waals surface area (Å²) in [6.07, 6.45) is 1.89. The zero-order chi connectivity index (χ0) is 26.4. The summed E-state index contributed by atoms with van der Waals surface area (Å²) in [5.74, 6) is -0.174. The molecule has 194 valence electrons. The monoisotopic (exact) mass is 541 g/mol. The topological polar surface area (TPSA) is 96.0 Å². The van der Waals surface area contributed by atoms with Crippen LogP contribution in [0.4, 0.5) is 11.4 Å². The van der Waals surface area contributed by atoms with Crippen molar-refractivity contribution in [2.24, 2.45) is 0 Å². The number of nitrogens with zero attached hydrogens (tertiary/aromatic N) is 2. The van der Waals surface area contributed by atoms with Gasteiger partial charge in [-0.05, 0) is 80.4 Å². The van der Waals surface area contributed by atoms with Gasteiger partial charge in [0.2, 0.25) is 5.91 Å². The number of anilines is 2. The lowest BCUT2D eigenvalue weighted by atomic mass is 10.1. The zero-order valence-electron chi connectivity index (χ0n) is 20.4. The molecule has 0 radical (unpaired) electrons. The van der Waals surface area contributed by atoms with Crippen molar-refractivity contribution in [1.82, 2.24) is 4.90 Å². The first-order chi connectivity index (χ1) is 17.8. The minimum Gasteiger partial charge on any atom is -0.494 e. The van der Waals surface area contributed by atoms with E-state index in [0.29, 0.717) is 41.7 Å². The Kier molecular flexibility index (Phi) is 8.35. The molecule has 37 heavy (non-hydrogen) atoms. The van der Waals surface area contributed by atoms with E-state index in [9.17, 15) is 18.0 Å². The number of halogens is 1. The number of sulfonamides is 1. The van der Waals surface area contributed by atoms with Gasteiger partial charge in [-0.2, -0.15) is 0 Å². The van der Waals surface area contributed by atoms with Crippen LogP contribution in [-0.4, -0.2) is 51.4 Å². The fourth-order valence-electron chi connectivity index (χ4n) is 4.11. The number of para-hydroxylation sites is 1. The Morgan fingerprint density at radius 3 is 2.27 bits per heavy atom. The van der Waals surface area contributed by atoms with E-state index < -0.39 is 22.5 Å². The van der Waals surface area contributed by atoms with Crippen LogP contribution in [0.25, 0.3) is 0 Å². The first-order valence-corrected chi connectivity index (χ1v) is 13.8. The SMILES string of the molecule is CCOc1ccc(N(CC(=O)Nc2ccccc2C(=O)N2CCCC2)S(=O)(=O)c2ccc(Cl)cc2)cc1. The second kappa shape index (κ2) is 11.7. The van der Waals surface area contributed by atoms with Gasteiger partial charge in [0.1, 0.15) is 12.3 Å². The lowest BCUT2D eigenvalue weighted by Crippen LogP contribution is -2.38. The average Bonchev–Trinajstić information content (AvgIpc) is 3.43. The highest BCUT2D eigenvalue weighted by Crippen LogP contribution is 2.27. The average molecular weight is 542 g/mol. The molecule has 8 nitrogen and oxygen atoms in total. The Balaban J connectivity index is 1.62. The number of hydrogen-bond donors (Lipinski definition) is 1. The van der Waals surface area contributed by atoms with Crippen LogP contribution in [0, 0.1) is 0 Å². The lowest BCUT2D eigenvalue weighted by molar-refractivity contribution is -0.114. The van der Waals surface area contributed by atoms with Gasteiger partial charge in [-0.25, -0.2) is 8.42 Å². The number of rotatable bonds is 9. The fourth-order valence-corrected chi connectivity index (χ4v) is 5.66. The molecule has 1 aliphatic heterocycles. The molecule has 0 unspecified atom stereocenters. The van der Waals surface area contributed by atoms with Crippen LogP contribution in [0.5, 0.6) is 5.75 Å². The molecule has 1 aliphatic rings. The van der Waals surface area contributed by atoms with Crippen molar-refractivity contribution in [2.45, 2.75) is 24.7 Å². The number of likely N-dealkylation sites (tertiary alicyclic amines) is 1. The third-order valence-corrected chi connectivity index (χ3v) is 7.99. The third-order valence-electron chi connectivity index (χ3n) is 5.95. The summed E-state index contributed by atoms with van der Waals surface area (Å²) in [6, 6.07) is 18.9. The van der Waals surface area contributed by atoms with Crippen molar-refractivity contribution in [3.8, 4) is 5.75 Å². The van der Waals surface area contributed by atoms with Gasteiger partial charge in [0, 0.05) is 18.1 Å². The minimum absolute atomic E-state index is 0.0109. The number of benzene rings is 3. The van der Waals surface area contributed by atoms with E-state index in [1.165, 1.54) is 24.3 Å². The van der Waals surface area contributed by atoms with Gasteiger partial charge in [-0.3, -0.25) is 13.9 Å². The first kappa shape index (κ1) is 26.5. The quantitative estimate of drug-likeness (QED) is 0.419. The molecule has 0 aliphatic carbocycles. The molecule has 0 atom stereocenters. The maximum atomic E-state index is 13.6. The number of carbonyl (C=O) groups is 2. The van der Waals surface area contributed by atoms with Crippen LogP contribution in [0.1, 0.15) is 30.1 Å². The van der Waals surface area contributed by atoms with E-state index in [4.69, 9.17) is 16.3 Å². The summed E-state index contributed by atoms with van der Waals surface area (Å²) in [7, 11) is -4.13. The number of amides is 2. The highest BCUT2D eigenvalue weighted by atomic mass is 35.5. The summed E-state index contributed by atoms with van der Waals surface area (Å²) in [4.78, 5) is 27.9. The first-order valence-electron chi connectivity index (χ1n) is 12.0. The molecule has 1 N–H and O–H groups in total. The smallest absolute Gasteiger partial charge is 0.264 e. The van der Waals surface area contributed by atoms with E-state index >= 15 is 0 Å². The Morgan fingerprint density at radius 2 is 1.62 bits per heavy atom. The highest BCUT2D eigenvalue weighted by molar-refractivity contribution is 7.92. The summed E-state index contributed by atoms with van der Waals surface area (Å²) in [6.45, 7) is 3.15. The zero-order valence-corrected chi connectivity index (χ0v) is 22.0. The van der Waals surface area contributed by atoms with Gasteiger partial charge in [0.25, 0.3) is 15.9 Å². The molecule has 1 saturated heterocycles. The van der Waals surface area contributed by atoms with Crippen molar-refractivity contribution in [2.75, 3.05) is 35.9 Å². The molecule has 0 saturated carbocycles. The predicted octanol–water partition coefficient (Wildman–Crippen LogP) is 4.81. The molecular weight excluding hydrogens is 514 g/mol. The molecule has 0 bridgehead atoms. The van der Waals surface area contributed by atoms with Crippen molar-refractivity contribution < 1.29 is 22.7 Å². The second-order valence-electron chi connectivity index (χ2n) is 8.49. The summed E-state index contributed by atoms with van der Waals surface area (Å²) in [5, 5.41) is 3.13. The summed E-state index contributed by atoms with van der Waals surface area (Å²) >= 11 is 5.95. The Bertz CT molecular complexity index is 1360. The molecule has 2 amide bonds. The molecule has 10 heteroatoms. The molecule has 0 spiro atoms. The Hall–Kier alpha value is -3.56. The second-order valence-corrected chi connectivity index (χ2v) is 10.8. The van der Waals surface area contributed by atoms with Crippen molar-refractivity contribution >= 4 is 44.8 Å². The van der Waals surface area contributed by atoms with Crippen molar-refractivity contribution in [3.63, 3.8) is 0 Å². The minimum atomic E-state index is -4.13. The molecule has 4 rings (SSSR count). The molecule has 1 heterocycles. The molecule has 0 aromatic heterocycles. The molecule has 3 aromatic rings. The van der Waals surface area contributed by atoms with Crippen LogP contribution in [0.2, 0.25) is 5.02 Å². The standard InChI is InChI=1S/C27H28ClN3O5S/c1-2-36-22-13-11-21(12-14-22)31(37(34,35)23-15-9-20(28)10-16-23)19-26(32)29-25-8-4-3-7-24(25)27(33)30-17-5-6-18-30/h3-4,7-16H,2,5-6,17-19H2,1H3,(H,29,32). The number of ether oxygens (including phenoxy) is 1. The van der Waals surface area contributed by atoms with Gasteiger partial charge in [0.15, 0.2) is 0 Å². The van der Waals surface area contributed by atoms with E-state index in [2.05, 4.69) is 5.32 Å². The predicted molar refractivity (Wildman–Crippen MR) is 144 cm³/mol. The molecular formula is C27H28ClN3O5S. The van der Waals surface area contributed by atoms with Gasteiger partial charge in [0.05, 0.1) is 28.4 Å². The van der Waals surface area contributed by atoms with Crippen molar-refractivity contribution in [1.29, 1.82) is 0 Å². The van der Waals surface area contributed by atoms with Gasteiger partial charge >= 0.3 is 0 Å². The number of carbonyl (C=O) groups excluding carboxylic acids is 2. The van der Waals surface area contributed by atoms with Crippen LogP contribution < -0.4 is 14.4 Å².